The molecule has 1 saturated heterocycles. The lowest BCUT2D eigenvalue weighted by atomic mass is 9.99. The molecule has 2 aromatic carbocycles. The van der Waals surface area contributed by atoms with Gasteiger partial charge in [0.15, 0.2) is 0 Å². The fraction of sp³-hybridized carbons (Fsp3) is 0.364. The van der Waals surface area contributed by atoms with Gasteiger partial charge in [-0.15, -0.1) is 5.10 Å². The Morgan fingerprint density at radius 2 is 1.66 bits per heavy atom. The molecule has 1 aromatic heterocycles. The van der Waals surface area contributed by atoms with Gasteiger partial charge in [0.05, 0.1) is 6.54 Å². The van der Waals surface area contributed by atoms with Crippen molar-refractivity contribution in [2.45, 2.75) is 32.9 Å². The van der Waals surface area contributed by atoms with Crippen LogP contribution in [0.5, 0.6) is 0 Å². The molecule has 0 unspecified atom stereocenters. The van der Waals surface area contributed by atoms with Crippen LogP contribution in [0.4, 0.5) is 5.69 Å². The molecule has 7 nitrogen and oxygen atoms in total. The molecule has 1 fully saturated rings. The van der Waals surface area contributed by atoms with E-state index < -0.39 is 0 Å². The molecule has 1 amide bonds. The van der Waals surface area contributed by atoms with Gasteiger partial charge in [-0.2, -0.15) is 0 Å². The number of aromatic nitrogens is 4. The van der Waals surface area contributed by atoms with Crippen molar-refractivity contribution in [1.82, 2.24) is 25.1 Å². The van der Waals surface area contributed by atoms with Crippen molar-refractivity contribution in [3.05, 3.63) is 71.5 Å². The smallest absolute Gasteiger partial charge is 0.255 e. The average molecular weight is 390 g/mol. The van der Waals surface area contributed by atoms with E-state index in [1.807, 2.05) is 36.4 Å². The molecule has 0 bridgehead atoms. The highest BCUT2D eigenvalue weighted by Crippen LogP contribution is 2.19. The summed E-state index contributed by atoms with van der Waals surface area (Å²) in [5, 5.41) is 14.1. The fourth-order valence-corrected chi connectivity index (χ4v) is 3.58. The summed E-state index contributed by atoms with van der Waals surface area (Å²) in [5.41, 5.74) is 3.75. The molecule has 0 saturated carbocycles. The van der Waals surface area contributed by atoms with Gasteiger partial charge in [-0.1, -0.05) is 31.2 Å². The number of amides is 1. The van der Waals surface area contributed by atoms with Gasteiger partial charge in [-0.25, -0.2) is 4.68 Å². The maximum absolute atomic E-state index is 12.5. The van der Waals surface area contributed by atoms with E-state index in [4.69, 9.17) is 0 Å². The van der Waals surface area contributed by atoms with Gasteiger partial charge in [0, 0.05) is 17.8 Å². The maximum atomic E-state index is 12.5. The molecule has 7 heteroatoms. The van der Waals surface area contributed by atoms with Crippen LogP contribution in [0.25, 0.3) is 0 Å². The Hall–Kier alpha value is -3.06. The van der Waals surface area contributed by atoms with Crippen LogP contribution in [-0.4, -0.2) is 44.1 Å². The number of carbonyl (C=O) groups is 1. The number of benzene rings is 2. The quantitative estimate of drug-likeness (QED) is 0.699. The molecule has 0 radical (unpaired) electrons. The van der Waals surface area contributed by atoms with Crippen LogP contribution < -0.4 is 5.32 Å². The Balaban J connectivity index is 1.31. The molecule has 1 N–H and O–H groups in total. The van der Waals surface area contributed by atoms with E-state index in [0.717, 1.165) is 23.7 Å². The lowest BCUT2D eigenvalue weighted by Crippen LogP contribution is -2.32. The molecule has 150 valence electrons. The second-order valence-electron chi connectivity index (χ2n) is 7.81. The van der Waals surface area contributed by atoms with Crippen LogP contribution in [-0.2, 0) is 13.1 Å². The average Bonchev–Trinajstić information content (AvgIpc) is 3.25. The van der Waals surface area contributed by atoms with Gasteiger partial charge in [-0.3, -0.25) is 9.69 Å². The summed E-state index contributed by atoms with van der Waals surface area (Å²) < 4.78 is 1.64. The predicted octanol–water partition coefficient (Wildman–Crippen LogP) is 3.21. The summed E-state index contributed by atoms with van der Waals surface area (Å²) in [4.78, 5) is 15.0. The Morgan fingerprint density at radius 1 is 1.00 bits per heavy atom. The van der Waals surface area contributed by atoms with Crippen molar-refractivity contribution >= 4 is 11.6 Å². The monoisotopic (exact) mass is 390 g/mol. The zero-order valence-electron chi connectivity index (χ0n) is 16.7. The molecule has 2 heterocycles. The van der Waals surface area contributed by atoms with Crippen LogP contribution in [0.3, 0.4) is 0 Å². The topological polar surface area (TPSA) is 75.9 Å². The molecule has 3 aromatic rings. The highest BCUT2D eigenvalue weighted by Gasteiger charge is 2.15. The summed E-state index contributed by atoms with van der Waals surface area (Å²) >= 11 is 0. The Bertz CT molecular complexity index is 913. The van der Waals surface area contributed by atoms with E-state index in [2.05, 4.69) is 44.8 Å². The Kier molecular flexibility index (Phi) is 5.95. The number of rotatable bonds is 6. The zero-order valence-corrected chi connectivity index (χ0v) is 16.7. The number of piperidine rings is 1. The lowest BCUT2D eigenvalue weighted by molar-refractivity contribution is 0.102. The molecule has 0 aliphatic carbocycles. The first-order valence-electron chi connectivity index (χ1n) is 10.1. The van der Waals surface area contributed by atoms with E-state index in [1.54, 1.807) is 11.0 Å². The SMILES string of the molecule is CC1CCN(Cc2ccc(NC(=O)c3ccc(Cn4cnnn4)cc3)cc2)CC1. The van der Waals surface area contributed by atoms with Crippen LogP contribution in [0.2, 0.25) is 0 Å². The lowest BCUT2D eigenvalue weighted by Gasteiger charge is -2.30. The molecule has 1 aliphatic rings. The van der Waals surface area contributed by atoms with Crippen LogP contribution >= 0.6 is 0 Å². The van der Waals surface area contributed by atoms with Gasteiger partial charge >= 0.3 is 0 Å². The second kappa shape index (κ2) is 8.96. The third-order valence-electron chi connectivity index (χ3n) is 5.45. The number of nitrogens with zero attached hydrogens (tertiary/aromatic N) is 5. The van der Waals surface area contributed by atoms with E-state index in [9.17, 15) is 4.79 Å². The van der Waals surface area contributed by atoms with Crippen molar-refractivity contribution in [3.8, 4) is 0 Å². The molecular weight excluding hydrogens is 364 g/mol. The number of anilines is 1. The minimum atomic E-state index is -0.114. The van der Waals surface area contributed by atoms with Gasteiger partial charge in [0.1, 0.15) is 6.33 Å². The zero-order chi connectivity index (χ0) is 20.1. The first-order valence-corrected chi connectivity index (χ1v) is 10.1. The molecule has 0 spiro atoms. The van der Waals surface area contributed by atoms with Gasteiger partial charge in [0.25, 0.3) is 5.91 Å². The van der Waals surface area contributed by atoms with E-state index in [-0.39, 0.29) is 5.91 Å². The normalized spacial score (nSPS) is 15.3. The van der Waals surface area contributed by atoms with E-state index in [1.165, 1.54) is 31.5 Å². The van der Waals surface area contributed by atoms with Crippen molar-refractivity contribution in [2.24, 2.45) is 5.92 Å². The molecule has 4 rings (SSSR count). The Labute approximate surface area is 170 Å². The number of likely N-dealkylation sites (tertiary alicyclic amines) is 1. The minimum absolute atomic E-state index is 0.114. The summed E-state index contributed by atoms with van der Waals surface area (Å²) in [7, 11) is 0. The molecule has 29 heavy (non-hydrogen) atoms. The number of carbonyl (C=O) groups excluding carboxylic acids is 1. The second-order valence-corrected chi connectivity index (χ2v) is 7.81. The standard InChI is InChI=1S/C22H26N6O/c1-17-10-12-27(13-11-17)14-18-4-8-21(9-5-18)24-22(29)20-6-2-19(3-7-20)15-28-16-23-25-26-28/h2-9,16-17H,10-15H2,1H3,(H,24,29). The first-order chi connectivity index (χ1) is 14.2. The maximum Gasteiger partial charge on any atom is 0.255 e. The van der Waals surface area contributed by atoms with Gasteiger partial charge in [0.2, 0.25) is 0 Å². The summed E-state index contributed by atoms with van der Waals surface area (Å²) in [6.07, 6.45) is 4.13. The minimum Gasteiger partial charge on any atom is -0.322 e. The van der Waals surface area contributed by atoms with Crippen molar-refractivity contribution in [2.75, 3.05) is 18.4 Å². The highest BCUT2D eigenvalue weighted by atomic mass is 16.1. The highest BCUT2D eigenvalue weighted by molar-refractivity contribution is 6.04. The number of hydrogen-bond donors (Lipinski definition) is 1. The third-order valence-corrected chi connectivity index (χ3v) is 5.45. The van der Waals surface area contributed by atoms with Crippen LogP contribution in [0.15, 0.2) is 54.9 Å². The third kappa shape index (κ3) is 5.26. The van der Waals surface area contributed by atoms with Crippen LogP contribution in [0.1, 0.15) is 41.3 Å². The summed E-state index contributed by atoms with van der Waals surface area (Å²) in [6, 6.07) is 15.6. The molecule has 1 aliphatic heterocycles. The largest absolute Gasteiger partial charge is 0.322 e. The number of tetrazole rings is 1. The Morgan fingerprint density at radius 3 is 2.31 bits per heavy atom. The first kappa shape index (κ1) is 19.3. The fourth-order valence-electron chi connectivity index (χ4n) is 3.58. The van der Waals surface area contributed by atoms with E-state index >= 15 is 0 Å². The van der Waals surface area contributed by atoms with Gasteiger partial charge < -0.3 is 5.32 Å². The van der Waals surface area contributed by atoms with E-state index in [0.29, 0.717) is 12.1 Å². The van der Waals surface area contributed by atoms with Crippen molar-refractivity contribution in [1.29, 1.82) is 0 Å². The van der Waals surface area contributed by atoms with Crippen LogP contribution in [0, 0.1) is 5.92 Å². The van der Waals surface area contributed by atoms with Gasteiger partial charge in [-0.05, 0) is 77.7 Å². The molecule has 0 atom stereocenters. The number of nitrogens with one attached hydrogen (secondary N) is 1. The van der Waals surface area contributed by atoms with Crippen molar-refractivity contribution < 1.29 is 4.79 Å². The number of hydrogen-bond acceptors (Lipinski definition) is 5. The summed E-state index contributed by atoms with van der Waals surface area (Å²) in [6.45, 7) is 6.22. The predicted molar refractivity (Wildman–Crippen MR) is 111 cm³/mol. The molecular formula is C22H26N6O. The van der Waals surface area contributed by atoms with Crippen molar-refractivity contribution in [3.63, 3.8) is 0 Å². The summed E-state index contributed by atoms with van der Waals surface area (Å²) in [5.74, 6) is 0.731.